The number of rotatable bonds is 4. The summed E-state index contributed by atoms with van der Waals surface area (Å²) in [5, 5.41) is 13.4. The van der Waals surface area contributed by atoms with Crippen LogP contribution in [0.5, 0.6) is 0 Å². The Labute approximate surface area is 141 Å². The molecule has 2 fully saturated rings. The number of carboxylic acid groups (broad SMARTS) is 1. The predicted molar refractivity (Wildman–Crippen MR) is 89.0 cm³/mol. The third-order valence-electron chi connectivity index (χ3n) is 6.16. The maximum absolute atomic E-state index is 10.8. The van der Waals surface area contributed by atoms with Crippen molar-refractivity contribution in [1.82, 2.24) is 5.32 Å². The Kier molecular flexibility index (Phi) is 5.95. The highest BCUT2D eigenvalue weighted by atomic mass is 16.5. The van der Waals surface area contributed by atoms with Crippen LogP contribution in [0.2, 0.25) is 0 Å². The second-order valence-electron chi connectivity index (χ2n) is 8.24. The number of amides is 1. The minimum absolute atomic E-state index is 0.0633. The van der Waals surface area contributed by atoms with Crippen LogP contribution in [0.4, 0.5) is 4.79 Å². The molecule has 0 aromatic rings. The summed E-state index contributed by atoms with van der Waals surface area (Å²) in [6.45, 7) is 12.0. The average Bonchev–Trinajstić information content (AvgIpc) is 2.47. The number of likely N-dealkylation sites (tertiary alicyclic amines) is 1. The highest BCUT2D eigenvalue weighted by Gasteiger charge is 2.49. The molecule has 5 nitrogen and oxygen atoms in total. The zero-order valence-corrected chi connectivity index (χ0v) is 15.3. The van der Waals surface area contributed by atoms with Crippen molar-refractivity contribution in [3.8, 4) is 0 Å². The Balaban J connectivity index is 2.03. The minimum Gasteiger partial charge on any atom is -0.530 e. The standard InChI is InChI=1S/C18H34N2O3/c1-5-23-16-8-6-15(7-9-16)20(18(2,3)4)12-10-14(11-13-20)19-17(21)22/h14-16,19H,5-13H2,1-4H3/t14?,15-,16-,20?. The van der Waals surface area contributed by atoms with Crippen LogP contribution in [-0.4, -0.2) is 54.0 Å². The third kappa shape index (κ3) is 4.18. The van der Waals surface area contributed by atoms with Crippen molar-refractivity contribution in [1.29, 1.82) is 0 Å². The summed E-state index contributed by atoms with van der Waals surface area (Å²) in [6, 6.07) is 0.740. The molecule has 5 heteroatoms. The zero-order valence-electron chi connectivity index (χ0n) is 15.3. The van der Waals surface area contributed by atoms with Gasteiger partial charge >= 0.3 is 0 Å². The number of hydrogen-bond donors (Lipinski definition) is 1. The lowest BCUT2D eigenvalue weighted by Crippen LogP contribution is -2.70. The van der Waals surface area contributed by atoms with Gasteiger partial charge in [-0.3, -0.25) is 0 Å². The monoisotopic (exact) mass is 326 g/mol. The number of ether oxygens (including phenoxy) is 1. The van der Waals surface area contributed by atoms with E-state index in [0.717, 1.165) is 49.9 Å². The molecule has 0 bridgehead atoms. The Hall–Kier alpha value is -0.810. The largest absolute Gasteiger partial charge is 0.530 e. The normalized spacial score (nSPS) is 35.7. The van der Waals surface area contributed by atoms with E-state index in [0.29, 0.717) is 12.1 Å². The summed E-state index contributed by atoms with van der Waals surface area (Å²) in [7, 11) is 0. The first-order valence-corrected chi connectivity index (χ1v) is 9.24. The van der Waals surface area contributed by atoms with Crippen LogP contribution in [0, 0.1) is 0 Å². The molecule has 0 unspecified atom stereocenters. The molecule has 0 atom stereocenters. The van der Waals surface area contributed by atoms with E-state index < -0.39 is 6.09 Å². The maximum Gasteiger partial charge on any atom is 0.134 e. The van der Waals surface area contributed by atoms with Gasteiger partial charge < -0.3 is 24.4 Å². The molecule has 0 aromatic carbocycles. The van der Waals surface area contributed by atoms with Crippen LogP contribution >= 0.6 is 0 Å². The van der Waals surface area contributed by atoms with Crippen LogP contribution in [0.3, 0.4) is 0 Å². The van der Waals surface area contributed by atoms with Crippen molar-refractivity contribution in [2.45, 2.75) is 89.9 Å². The molecule has 1 amide bonds. The van der Waals surface area contributed by atoms with E-state index in [1.807, 2.05) is 0 Å². The molecule has 1 N–H and O–H groups in total. The molecule has 1 saturated heterocycles. The number of piperidine rings is 1. The van der Waals surface area contributed by atoms with Crippen LogP contribution in [0.15, 0.2) is 0 Å². The molecular weight excluding hydrogens is 292 g/mol. The van der Waals surface area contributed by atoms with Gasteiger partial charge in [-0.1, -0.05) is 0 Å². The number of carbonyl (C=O) groups excluding carboxylic acids is 1. The number of hydrogen-bond acceptors (Lipinski definition) is 3. The fourth-order valence-electron chi connectivity index (χ4n) is 4.87. The maximum atomic E-state index is 10.8. The molecule has 1 saturated carbocycles. The van der Waals surface area contributed by atoms with Gasteiger partial charge in [0, 0.05) is 38.3 Å². The average molecular weight is 326 g/mol. The van der Waals surface area contributed by atoms with E-state index in [2.05, 4.69) is 33.0 Å². The second kappa shape index (κ2) is 7.39. The molecule has 0 radical (unpaired) electrons. The van der Waals surface area contributed by atoms with Gasteiger partial charge in [-0.2, -0.15) is 0 Å². The van der Waals surface area contributed by atoms with Crippen LogP contribution in [0.25, 0.3) is 0 Å². The summed E-state index contributed by atoms with van der Waals surface area (Å²) in [5.74, 6) is 0. The SMILES string of the molecule is CCO[C@H]1CC[C@H]([N+]2(C(C)(C)C)CCC(NC(=O)[O-])CC2)CC1. The molecule has 1 heterocycles. The molecule has 2 rings (SSSR count). The van der Waals surface area contributed by atoms with Gasteiger partial charge in [0.2, 0.25) is 0 Å². The van der Waals surface area contributed by atoms with E-state index in [1.54, 1.807) is 0 Å². The van der Waals surface area contributed by atoms with Crippen molar-refractivity contribution in [2.24, 2.45) is 0 Å². The highest BCUT2D eigenvalue weighted by Crippen LogP contribution is 2.39. The predicted octanol–water partition coefficient (Wildman–Crippen LogP) is 2.04. The topological polar surface area (TPSA) is 61.4 Å². The van der Waals surface area contributed by atoms with Crippen molar-refractivity contribution < 1.29 is 19.1 Å². The zero-order chi connectivity index (χ0) is 17.1. The first-order valence-electron chi connectivity index (χ1n) is 9.24. The molecule has 2 aliphatic rings. The Morgan fingerprint density at radius 2 is 1.70 bits per heavy atom. The number of quaternary nitrogens is 1. The summed E-state index contributed by atoms with van der Waals surface area (Å²) in [5.41, 5.74) is 0.190. The molecule has 23 heavy (non-hydrogen) atoms. The van der Waals surface area contributed by atoms with E-state index >= 15 is 0 Å². The Bertz CT molecular complexity index is 390. The molecule has 0 spiro atoms. The van der Waals surface area contributed by atoms with Crippen molar-refractivity contribution in [3.63, 3.8) is 0 Å². The van der Waals surface area contributed by atoms with Gasteiger partial charge in [-0.05, 0) is 40.5 Å². The third-order valence-corrected chi connectivity index (χ3v) is 6.16. The van der Waals surface area contributed by atoms with Gasteiger partial charge in [0.25, 0.3) is 0 Å². The van der Waals surface area contributed by atoms with E-state index in [-0.39, 0.29) is 11.6 Å². The molecule has 1 aliphatic carbocycles. The molecule has 0 aromatic heterocycles. The first-order chi connectivity index (χ1) is 10.8. The van der Waals surface area contributed by atoms with Gasteiger partial charge in [0.15, 0.2) is 0 Å². The van der Waals surface area contributed by atoms with Crippen molar-refractivity contribution >= 4 is 6.09 Å². The number of carbonyl (C=O) groups is 1. The summed E-state index contributed by atoms with van der Waals surface area (Å²) in [6.07, 6.45) is 5.90. The molecule has 134 valence electrons. The lowest BCUT2D eigenvalue weighted by Gasteiger charge is -2.58. The summed E-state index contributed by atoms with van der Waals surface area (Å²) in [4.78, 5) is 10.8. The Morgan fingerprint density at radius 1 is 1.13 bits per heavy atom. The summed E-state index contributed by atoms with van der Waals surface area (Å²) < 4.78 is 6.93. The van der Waals surface area contributed by atoms with Crippen molar-refractivity contribution in [3.05, 3.63) is 0 Å². The lowest BCUT2D eigenvalue weighted by atomic mass is 9.83. The smallest absolute Gasteiger partial charge is 0.134 e. The molecular formula is C18H34N2O3. The lowest BCUT2D eigenvalue weighted by molar-refractivity contribution is -0.997. The van der Waals surface area contributed by atoms with E-state index in [1.165, 1.54) is 12.8 Å². The van der Waals surface area contributed by atoms with Gasteiger partial charge in [-0.25, -0.2) is 0 Å². The second-order valence-corrected chi connectivity index (χ2v) is 8.24. The van der Waals surface area contributed by atoms with E-state index in [4.69, 9.17) is 4.74 Å². The fraction of sp³-hybridized carbons (Fsp3) is 0.944. The Morgan fingerprint density at radius 3 is 2.13 bits per heavy atom. The van der Waals surface area contributed by atoms with Crippen molar-refractivity contribution in [2.75, 3.05) is 19.7 Å². The van der Waals surface area contributed by atoms with Crippen LogP contribution in [-0.2, 0) is 4.74 Å². The first kappa shape index (κ1) is 18.5. The van der Waals surface area contributed by atoms with Gasteiger partial charge in [-0.15, -0.1) is 0 Å². The highest BCUT2D eigenvalue weighted by molar-refractivity contribution is 5.62. The summed E-state index contributed by atoms with van der Waals surface area (Å²) >= 11 is 0. The van der Waals surface area contributed by atoms with Crippen LogP contribution < -0.4 is 10.4 Å². The van der Waals surface area contributed by atoms with E-state index in [9.17, 15) is 9.90 Å². The fourth-order valence-corrected chi connectivity index (χ4v) is 4.87. The number of nitrogens with one attached hydrogen (secondary N) is 1. The van der Waals surface area contributed by atoms with Gasteiger partial charge in [0.1, 0.15) is 6.09 Å². The minimum atomic E-state index is -1.14. The molecule has 1 aliphatic heterocycles. The number of nitrogens with zero attached hydrogens (tertiary/aromatic N) is 1. The van der Waals surface area contributed by atoms with Gasteiger partial charge in [0.05, 0.1) is 30.8 Å². The quantitative estimate of drug-likeness (QED) is 0.804. The van der Waals surface area contributed by atoms with Crippen LogP contribution in [0.1, 0.15) is 66.2 Å².